The van der Waals surface area contributed by atoms with Crippen LogP contribution in [0.5, 0.6) is 0 Å². The summed E-state index contributed by atoms with van der Waals surface area (Å²) in [4.78, 5) is 28.9. The molecule has 0 saturated heterocycles. The quantitative estimate of drug-likeness (QED) is 0.374. The fourth-order valence-corrected chi connectivity index (χ4v) is 6.08. The molecule has 5 rings (SSSR count). The smallest absolute Gasteiger partial charge is 0.202 e. The average molecular weight is 409 g/mol. The van der Waals surface area contributed by atoms with Crippen molar-refractivity contribution < 1.29 is 18.4 Å². The molecule has 4 aromatic heterocycles. The number of hydrogen-bond acceptors (Lipinski definition) is 6. The molecule has 0 spiro atoms. The molecule has 28 heavy (non-hydrogen) atoms. The van der Waals surface area contributed by atoms with Gasteiger partial charge in [0.1, 0.15) is 0 Å². The molecule has 0 unspecified atom stereocenters. The van der Waals surface area contributed by atoms with Crippen molar-refractivity contribution in [2.45, 2.75) is 11.8 Å². The van der Waals surface area contributed by atoms with Gasteiger partial charge in [-0.2, -0.15) is 0 Å². The summed E-state index contributed by atoms with van der Waals surface area (Å²) >= 11 is 3.25. The third-order valence-electron chi connectivity index (χ3n) is 5.42. The zero-order chi connectivity index (χ0) is 19.1. The minimum Gasteiger partial charge on any atom is -0.461 e. The minimum absolute atomic E-state index is 0.0554. The highest BCUT2D eigenvalue weighted by atomic mass is 32.1. The molecule has 4 heterocycles. The first-order chi connectivity index (χ1) is 13.8. The third kappa shape index (κ3) is 2.72. The van der Waals surface area contributed by atoms with Crippen LogP contribution in [0.1, 0.15) is 42.7 Å². The number of Topliss-reactive ketones (excluding diaryl/α,β-unsaturated/α-hetero) is 2. The van der Waals surface area contributed by atoms with Crippen LogP contribution < -0.4 is 0 Å². The van der Waals surface area contributed by atoms with E-state index in [1.165, 1.54) is 12.5 Å². The Morgan fingerprint density at radius 1 is 0.679 bits per heavy atom. The predicted octanol–water partition coefficient (Wildman–Crippen LogP) is 5.87. The van der Waals surface area contributed by atoms with E-state index in [2.05, 4.69) is 0 Å². The molecule has 0 radical (unpaired) electrons. The predicted molar refractivity (Wildman–Crippen MR) is 107 cm³/mol. The van der Waals surface area contributed by atoms with Crippen molar-refractivity contribution in [3.05, 3.63) is 93.1 Å². The van der Waals surface area contributed by atoms with Gasteiger partial charge >= 0.3 is 0 Å². The zero-order valence-corrected chi connectivity index (χ0v) is 16.3. The monoisotopic (exact) mass is 408 g/mol. The molecular weight excluding hydrogens is 392 g/mol. The molecule has 0 aromatic carbocycles. The molecule has 1 saturated carbocycles. The lowest BCUT2D eigenvalue weighted by Gasteiger charge is -2.49. The Labute approximate surface area is 169 Å². The molecular formula is C22H16O4S2. The lowest BCUT2D eigenvalue weighted by atomic mass is 9.52. The molecule has 4 atom stereocenters. The number of rotatable bonds is 6. The molecule has 0 aliphatic heterocycles. The van der Waals surface area contributed by atoms with Gasteiger partial charge in [0.2, 0.25) is 11.6 Å². The number of hydrogen-bond donors (Lipinski definition) is 0. The van der Waals surface area contributed by atoms with Crippen LogP contribution in [0.15, 0.2) is 80.7 Å². The van der Waals surface area contributed by atoms with Gasteiger partial charge in [0, 0.05) is 33.4 Å². The third-order valence-corrected chi connectivity index (χ3v) is 7.37. The Morgan fingerprint density at radius 3 is 1.46 bits per heavy atom. The first-order valence-corrected chi connectivity index (χ1v) is 10.7. The van der Waals surface area contributed by atoms with Gasteiger partial charge in [-0.25, -0.2) is 0 Å². The van der Waals surface area contributed by atoms with Gasteiger partial charge in [-0.1, -0.05) is 12.1 Å². The lowest BCUT2D eigenvalue weighted by molar-refractivity contribution is 0.0434. The topological polar surface area (TPSA) is 60.4 Å². The second-order valence-electron chi connectivity index (χ2n) is 6.82. The average Bonchev–Trinajstić information content (AvgIpc) is 3.50. The molecule has 4 nitrogen and oxygen atoms in total. The Hall–Kier alpha value is -2.70. The summed E-state index contributed by atoms with van der Waals surface area (Å²) in [5.41, 5.74) is 0. The van der Waals surface area contributed by atoms with E-state index in [-0.39, 0.29) is 23.4 Å². The van der Waals surface area contributed by atoms with Crippen LogP contribution >= 0.6 is 22.7 Å². The number of ketones is 2. The van der Waals surface area contributed by atoms with Gasteiger partial charge in [0.05, 0.1) is 12.5 Å². The van der Waals surface area contributed by atoms with Crippen LogP contribution in [-0.4, -0.2) is 11.6 Å². The molecule has 1 fully saturated rings. The van der Waals surface area contributed by atoms with E-state index in [1.54, 1.807) is 46.9 Å². The Morgan fingerprint density at radius 2 is 1.14 bits per heavy atom. The Bertz CT molecular complexity index is 972. The SMILES string of the molecule is O=C(c1ccco1)[C@@H]1[C@H](C(=O)c2ccco2)[C@H](c2cccs2)[C@H]1c1cccs1. The van der Waals surface area contributed by atoms with Gasteiger partial charge in [-0.05, 0) is 47.2 Å². The number of furan rings is 2. The molecule has 4 aromatic rings. The summed E-state index contributed by atoms with van der Waals surface area (Å²) in [7, 11) is 0. The van der Waals surface area contributed by atoms with E-state index in [1.807, 2.05) is 35.0 Å². The number of thiophene rings is 2. The fourth-order valence-electron chi connectivity index (χ4n) is 4.24. The highest BCUT2D eigenvalue weighted by Gasteiger charge is 2.59. The molecule has 140 valence electrons. The standard InChI is InChI=1S/C22H16O4S2/c23-21(13-5-1-9-25-13)19-17(15-7-3-11-27-15)18(16-8-4-12-28-16)20(19)22(24)14-6-2-10-26-14/h1-12,17-20H/t17-,18-,19-,20+/m1/s1. The minimum atomic E-state index is -0.477. The maximum Gasteiger partial charge on any atom is 0.202 e. The van der Waals surface area contributed by atoms with Crippen molar-refractivity contribution in [2.75, 3.05) is 0 Å². The number of carbonyl (C=O) groups is 2. The van der Waals surface area contributed by atoms with Crippen molar-refractivity contribution in [1.82, 2.24) is 0 Å². The zero-order valence-electron chi connectivity index (χ0n) is 14.7. The maximum absolute atomic E-state index is 13.3. The highest BCUT2D eigenvalue weighted by Crippen LogP contribution is 2.61. The summed E-state index contributed by atoms with van der Waals surface area (Å²) < 4.78 is 10.8. The fraction of sp³-hybridized carbons (Fsp3) is 0.182. The summed E-state index contributed by atoms with van der Waals surface area (Å²) in [6.45, 7) is 0. The van der Waals surface area contributed by atoms with E-state index < -0.39 is 11.8 Å². The highest BCUT2D eigenvalue weighted by molar-refractivity contribution is 7.10. The Kier molecular flexibility index (Phi) is 4.37. The Balaban J connectivity index is 1.61. The molecule has 0 N–H and O–H groups in total. The van der Waals surface area contributed by atoms with Crippen LogP contribution in [-0.2, 0) is 0 Å². The van der Waals surface area contributed by atoms with Gasteiger partial charge in [0.15, 0.2) is 11.5 Å². The maximum atomic E-state index is 13.3. The molecule has 1 aliphatic carbocycles. The number of carbonyl (C=O) groups excluding carboxylic acids is 2. The summed E-state index contributed by atoms with van der Waals surface area (Å²) in [5.74, 6) is -0.714. The van der Waals surface area contributed by atoms with E-state index in [9.17, 15) is 9.59 Å². The van der Waals surface area contributed by atoms with Gasteiger partial charge < -0.3 is 8.83 Å². The van der Waals surface area contributed by atoms with Crippen LogP contribution in [0, 0.1) is 11.8 Å². The summed E-state index contributed by atoms with van der Waals surface area (Å²) in [5, 5.41) is 4.02. The van der Waals surface area contributed by atoms with E-state index >= 15 is 0 Å². The van der Waals surface area contributed by atoms with Crippen LogP contribution in [0.25, 0.3) is 0 Å². The van der Waals surface area contributed by atoms with Crippen LogP contribution in [0.3, 0.4) is 0 Å². The van der Waals surface area contributed by atoms with Crippen molar-refractivity contribution in [3.63, 3.8) is 0 Å². The van der Waals surface area contributed by atoms with Crippen LogP contribution in [0.2, 0.25) is 0 Å². The largest absolute Gasteiger partial charge is 0.461 e. The van der Waals surface area contributed by atoms with Gasteiger partial charge in [-0.15, -0.1) is 22.7 Å². The van der Waals surface area contributed by atoms with Crippen molar-refractivity contribution in [2.24, 2.45) is 11.8 Å². The summed E-state index contributed by atoms with van der Waals surface area (Å²) in [6, 6.07) is 14.8. The summed E-state index contributed by atoms with van der Waals surface area (Å²) in [6.07, 6.45) is 2.98. The second kappa shape index (κ2) is 7.04. The van der Waals surface area contributed by atoms with E-state index in [0.717, 1.165) is 9.75 Å². The van der Waals surface area contributed by atoms with Crippen molar-refractivity contribution in [3.8, 4) is 0 Å². The molecule has 1 aliphatic rings. The van der Waals surface area contributed by atoms with Crippen molar-refractivity contribution in [1.29, 1.82) is 0 Å². The molecule has 0 amide bonds. The molecule has 0 bridgehead atoms. The lowest BCUT2D eigenvalue weighted by Crippen LogP contribution is -2.50. The van der Waals surface area contributed by atoms with Gasteiger partial charge in [-0.3, -0.25) is 9.59 Å². The first kappa shape index (κ1) is 17.4. The molecule has 6 heteroatoms. The normalized spacial score (nSPS) is 24.0. The second-order valence-corrected chi connectivity index (χ2v) is 8.78. The van der Waals surface area contributed by atoms with Crippen molar-refractivity contribution >= 4 is 34.2 Å². The van der Waals surface area contributed by atoms with Gasteiger partial charge in [0.25, 0.3) is 0 Å². The van der Waals surface area contributed by atoms with E-state index in [4.69, 9.17) is 8.83 Å². The first-order valence-electron chi connectivity index (χ1n) is 8.98. The van der Waals surface area contributed by atoms with E-state index in [0.29, 0.717) is 11.5 Å². The van der Waals surface area contributed by atoms with Crippen LogP contribution in [0.4, 0.5) is 0 Å².